The second-order valence-corrected chi connectivity index (χ2v) is 5.75. The van der Waals surface area contributed by atoms with Gasteiger partial charge in [-0.2, -0.15) is 13.2 Å². The first-order chi connectivity index (χ1) is 6.88. The molecule has 0 saturated heterocycles. The van der Waals surface area contributed by atoms with E-state index in [2.05, 4.69) is 15.9 Å². The number of rotatable bonds is 4. The van der Waals surface area contributed by atoms with Gasteiger partial charge in [0.2, 0.25) is 0 Å². The normalized spacial score (nSPS) is 14.2. The Labute approximate surface area is 98.6 Å². The van der Waals surface area contributed by atoms with Gasteiger partial charge in [0.15, 0.2) is 0 Å². The number of nitrogens with two attached hydrogens (primary N) is 1. The van der Waals surface area contributed by atoms with Crippen molar-refractivity contribution in [3.8, 4) is 0 Å². The first-order valence-electron chi connectivity index (χ1n) is 4.46. The van der Waals surface area contributed by atoms with Crippen LogP contribution >= 0.6 is 27.3 Å². The standard InChI is InChI=1S/C9H11BrF3NS/c10-8-4-3-7(15-8)6(14)2-1-5-9(11,12)13/h3-4,6H,1-2,5,14H2. The summed E-state index contributed by atoms with van der Waals surface area (Å²) < 4.78 is 36.5. The molecular weight excluding hydrogens is 291 g/mol. The Kier molecular flexibility index (Phi) is 4.61. The molecule has 6 heteroatoms. The highest BCUT2D eigenvalue weighted by Gasteiger charge is 2.26. The summed E-state index contributed by atoms with van der Waals surface area (Å²) in [4.78, 5) is 0.920. The molecule has 0 bridgehead atoms. The van der Waals surface area contributed by atoms with Crippen LogP contribution in [-0.4, -0.2) is 6.18 Å². The van der Waals surface area contributed by atoms with Crippen molar-refractivity contribution in [2.45, 2.75) is 31.5 Å². The quantitative estimate of drug-likeness (QED) is 0.884. The van der Waals surface area contributed by atoms with Crippen LogP contribution in [-0.2, 0) is 0 Å². The van der Waals surface area contributed by atoms with Gasteiger partial charge in [-0.25, -0.2) is 0 Å². The van der Waals surface area contributed by atoms with E-state index in [1.54, 1.807) is 0 Å². The van der Waals surface area contributed by atoms with E-state index in [0.717, 1.165) is 8.66 Å². The summed E-state index contributed by atoms with van der Waals surface area (Å²) in [5, 5.41) is 0. The lowest BCUT2D eigenvalue weighted by atomic mass is 10.1. The Morgan fingerprint density at radius 1 is 1.40 bits per heavy atom. The van der Waals surface area contributed by atoms with Crippen molar-refractivity contribution in [2.24, 2.45) is 5.73 Å². The van der Waals surface area contributed by atoms with E-state index in [1.807, 2.05) is 12.1 Å². The van der Waals surface area contributed by atoms with E-state index < -0.39 is 12.6 Å². The Balaban J connectivity index is 2.34. The van der Waals surface area contributed by atoms with Crippen LogP contribution in [0.2, 0.25) is 0 Å². The van der Waals surface area contributed by atoms with Crippen molar-refractivity contribution in [3.63, 3.8) is 0 Å². The third-order valence-electron chi connectivity index (χ3n) is 1.93. The van der Waals surface area contributed by atoms with Crippen LogP contribution in [0.1, 0.15) is 30.2 Å². The summed E-state index contributed by atoms with van der Waals surface area (Å²) in [6, 6.07) is 3.40. The molecule has 86 valence electrons. The van der Waals surface area contributed by atoms with Gasteiger partial charge in [-0.05, 0) is 40.9 Å². The van der Waals surface area contributed by atoms with Crippen LogP contribution in [0.4, 0.5) is 13.2 Å². The summed E-state index contributed by atoms with van der Waals surface area (Å²) in [7, 11) is 0. The molecule has 1 nitrogen and oxygen atoms in total. The predicted octanol–water partition coefficient (Wildman–Crippen LogP) is 4.24. The molecule has 0 aliphatic heterocycles. The Morgan fingerprint density at radius 3 is 2.53 bits per heavy atom. The molecule has 0 amide bonds. The molecule has 1 heterocycles. The monoisotopic (exact) mass is 301 g/mol. The van der Waals surface area contributed by atoms with E-state index >= 15 is 0 Å². The Hall–Kier alpha value is -0.0700. The average molecular weight is 302 g/mol. The summed E-state index contributed by atoms with van der Waals surface area (Å²) in [5.41, 5.74) is 5.76. The van der Waals surface area contributed by atoms with Crippen molar-refractivity contribution in [2.75, 3.05) is 0 Å². The van der Waals surface area contributed by atoms with Crippen molar-refractivity contribution < 1.29 is 13.2 Å². The molecule has 1 unspecified atom stereocenters. The van der Waals surface area contributed by atoms with Crippen LogP contribution < -0.4 is 5.73 Å². The van der Waals surface area contributed by atoms with Gasteiger partial charge >= 0.3 is 6.18 Å². The lowest BCUT2D eigenvalue weighted by Gasteiger charge is -2.10. The maximum Gasteiger partial charge on any atom is 0.389 e. The maximum atomic E-state index is 11.9. The maximum absolute atomic E-state index is 11.9. The summed E-state index contributed by atoms with van der Waals surface area (Å²) in [5.74, 6) is 0. The van der Waals surface area contributed by atoms with E-state index in [9.17, 15) is 13.2 Å². The van der Waals surface area contributed by atoms with Crippen molar-refractivity contribution in [1.82, 2.24) is 0 Å². The molecule has 1 aromatic rings. The van der Waals surface area contributed by atoms with Crippen molar-refractivity contribution in [1.29, 1.82) is 0 Å². The molecule has 0 saturated carbocycles. The van der Waals surface area contributed by atoms with Gasteiger partial charge in [-0.1, -0.05) is 0 Å². The van der Waals surface area contributed by atoms with Gasteiger partial charge < -0.3 is 5.73 Å². The molecule has 2 N–H and O–H groups in total. The molecule has 1 aromatic heterocycles. The second kappa shape index (κ2) is 5.32. The van der Waals surface area contributed by atoms with Gasteiger partial charge in [0.25, 0.3) is 0 Å². The fourth-order valence-corrected chi connectivity index (χ4v) is 2.65. The first kappa shape index (κ1) is 13.0. The molecule has 0 aromatic carbocycles. The zero-order valence-corrected chi connectivity index (χ0v) is 10.3. The second-order valence-electron chi connectivity index (χ2n) is 3.26. The molecule has 0 radical (unpaired) electrons. The number of hydrogen-bond acceptors (Lipinski definition) is 2. The largest absolute Gasteiger partial charge is 0.389 e. The van der Waals surface area contributed by atoms with Crippen LogP contribution in [0.5, 0.6) is 0 Å². The zero-order chi connectivity index (χ0) is 11.5. The molecule has 0 spiro atoms. The third kappa shape index (κ3) is 4.99. The third-order valence-corrected chi connectivity index (χ3v) is 3.69. The number of alkyl halides is 3. The van der Waals surface area contributed by atoms with E-state index in [0.29, 0.717) is 6.42 Å². The van der Waals surface area contributed by atoms with Gasteiger partial charge in [0.1, 0.15) is 0 Å². The highest BCUT2D eigenvalue weighted by atomic mass is 79.9. The molecular formula is C9H11BrF3NS. The number of thiophene rings is 1. The fraction of sp³-hybridized carbons (Fsp3) is 0.556. The first-order valence-corrected chi connectivity index (χ1v) is 6.07. The van der Waals surface area contributed by atoms with Gasteiger partial charge in [-0.15, -0.1) is 11.3 Å². The Bertz CT molecular complexity index is 311. The summed E-state index contributed by atoms with van der Waals surface area (Å²) in [6.45, 7) is 0. The lowest BCUT2D eigenvalue weighted by Crippen LogP contribution is -2.12. The van der Waals surface area contributed by atoms with Crippen molar-refractivity contribution in [3.05, 3.63) is 20.8 Å². The van der Waals surface area contributed by atoms with Crippen molar-refractivity contribution >= 4 is 27.3 Å². The molecule has 0 aliphatic rings. The molecule has 1 atom stereocenters. The number of halogens is 4. The topological polar surface area (TPSA) is 26.0 Å². The minimum absolute atomic E-state index is 0.0835. The fourth-order valence-electron chi connectivity index (χ4n) is 1.19. The summed E-state index contributed by atoms with van der Waals surface area (Å²) >= 11 is 4.75. The number of hydrogen-bond donors (Lipinski definition) is 1. The molecule has 0 aliphatic carbocycles. The minimum atomic E-state index is -4.07. The van der Waals surface area contributed by atoms with Crippen LogP contribution in [0.25, 0.3) is 0 Å². The van der Waals surface area contributed by atoms with E-state index in [4.69, 9.17) is 5.73 Å². The van der Waals surface area contributed by atoms with Crippen LogP contribution in [0, 0.1) is 0 Å². The van der Waals surface area contributed by atoms with Gasteiger partial charge in [-0.3, -0.25) is 0 Å². The molecule has 15 heavy (non-hydrogen) atoms. The lowest BCUT2D eigenvalue weighted by molar-refractivity contribution is -0.135. The highest BCUT2D eigenvalue weighted by molar-refractivity contribution is 9.11. The highest BCUT2D eigenvalue weighted by Crippen LogP contribution is 2.30. The van der Waals surface area contributed by atoms with E-state index in [-0.39, 0.29) is 12.5 Å². The van der Waals surface area contributed by atoms with Gasteiger partial charge in [0, 0.05) is 17.3 Å². The SMILES string of the molecule is NC(CCCC(F)(F)F)c1ccc(Br)s1. The Morgan fingerprint density at radius 2 is 2.07 bits per heavy atom. The van der Waals surface area contributed by atoms with Crippen LogP contribution in [0.15, 0.2) is 15.9 Å². The van der Waals surface area contributed by atoms with Gasteiger partial charge in [0.05, 0.1) is 3.79 Å². The minimum Gasteiger partial charge on any atom is -0.323 e. The molecule has 0 fully saturated rings. The predicted molar refractivity (Wildman–Crippen MR) is 58.9 cm³/mol. The molecule has 1 rings (SSSR count). The summed E-state index contributed by atoms with van der Waals surface area (Å²) in [6.07, 6.45) is -4.38. The smallest absolute Gasteiger partial charge is 0.323 e. The zero-order valence-electron chi connectivity index (χ0n) is 7.85. The van der Waals surface area contributed by atoms with Crippen LogP contribution in [0.3, 0.4) is 0 Å². The van der Waals surface area contributed by atoms with E-state index in [1.165, 1.54) is 11.3 Å². The average Bonchev–Trinajstić information content (AvgIpc) is 2.49.